The van der Waals surface area contributed by atoms with Crippen molar-refractivity contribution in [3.05, 3.63) is 0 Å². The number of hydrogen-bond donors (Lipinski definition) is 1. The van der Waals surface area contributed by atoms with Crippen LogP contribution in [0.4, 0.5) is 0 Å². The summed E-state index contributed by atoms with van der Waals surface area (Å²) in [6.07, 6.45) is 2.42. The zero-order chi connectivity index (χ0) is 11.3. The summed E-state index contributed by atoms with van der Waals surface area (Å²) >= 11 is 0. The molecule has 1 rings (SSSR count). The lowest BCUT2D eigenvalue weighted by Crippen LogP contribution is -2.40. The molecule has 1 N–H and O–H groups in total. The summed E-state index contributed by atoms with van der Waals surface area (Å²) in [5.41, 5.74) is 0. The maximum atomic E-state index is 11.1. The van der Waals surface area contributed by atoms with Crippen LogP contribution < -0.4 is 5.32 Å². The summed E-state index contributed by atoms with van der Waals surface area (Å²) < 4.78 is 22.1. The van der Waals surface area contributed by atoms with Gasteiger partial charge in [0.2, 0.25) is 0 Å². The van der Waals surface area contributed by atoms with Gasteiger partial charge in [-0.1, -0.05) is 6.92 Å². The predicted molar refractivity (Wildman–Crippen MR) is 62.8 cm³/mol. The van der Waals surface area contributed by atoms with E-state index in [1.807, 2.05) is 0 Å². The fraction of sp³-hybridized carbons (Fsp3) is 1.00. The first kappa shape index (κ1) is 12.9. The Labute approximate surface area is 93.0 Å². The summed E-state index contributed by atoms with van der Waals surface area (Å²) in [5, 5.41) is 3.38. The Morgan fingerprint density at radius 2 is 2.20 bits per heavy atom. The molecule has 1 aliphatic rings. The minimum absolute atomic E-state index is 0.285. The first-order valence-corrected chi connectivity index (χ1v) is 7.64. The van der Waals surface area contributed by atoms with Crippen molar-refractivity contribution in [1.29, 1.82) is 0 Å². The van der Waals surface area contributed by atoms with Gasteiger partial charge in [0.1, 0.15) is 9.84 Å². The van der Waals surface area contributed by atoms with E-state index in [0.29, 0.717) is 12.5 Å². The molecule has 1 unspecified atom stereocenters. The SMILES string of the molecule is CC1CNCCCN(CCS(C)(=O)=O)C1. The van der Waals surface area contributed by atoms with Crippen LogP contribution in [-0.4, -0.2) is 58.1 Å². The van der Waals surface area contributed by atoms with Crippen molar-refractivity contribution in [3.63, 3.8) is 0 Å². The molecule has 0 bridgehead atoms. The van der Waals surface area contributed by atoms with Gasteiger partial charge in [-0.2, -0.15) is 0 Å². The second-order valence-corrected chi connectivity index (χ2v) is 6.85. The smallest absolute Gasteiger partial charge is 0.148 e. The molecule has 0 aromatic carbocycles. The Bertz CT molecular complexity index is 277. The molecule has 0 aliphatic carbocycles. The Morgan fingerprint density at radius 3 is 2.87 bits per heavy atom. The Morgan fingerprint density at radius 1 is 1.47 bits per heavy atom. The number of nitrogens with one attached hydrogen (secondary N) is 1. The highest BCUT2D eigenvalue weighted by molar-refractivity contribution is 7.90. The predicted octanol–water partition coefficient (Wildman–Crippen LogP) is -0.0376. The van der Waals surface area contributed by atoms with Gasteiger partial charge in [0.15, 0.2) is 0 Å². The van der Waals surface area contributed by atoms with E-state index in [0.717, 1.165) is 32.6 Å². The molecule has 0 amide bonds. The zero-order valence-electron chi connectivity index (χ0n) is 9.70. The van der Waals surface area contributed by atoms with E-state index in [9.17, 15) is 8.42 Å². The zero-order valence-corrected chi connectivity index (χ0v) is 10.5. The van der Waals surface area contributed by atoms with Gasteiger partial charge in [-0.05, 0) is 32.0 Å². The number of nitrogens with zero attached hydrogens (tertiary/aromatic N) is 1. The van der Waals surface area contributed by atoms with Crippen molar-refractivity contribution in [2.24, 2.45) is 5.92 Å². The summed E-state index contributed by atoms with van der Waals surface area (Å²) in [6, 6.07) is 0. The Balaban J connectivity index is 2.37. The first-order chi connectivity index (χ1) is 6.97. The minimum atomic E-state index is -2.82. The van der Waals surface area contributed by atoms with Gasteiger partial charge in [-0.15, -0.1) is 0 Å². The van der Waals surface area contributed by atoms with Gasteiger partial charge in [0.25, 0.3) is 0 Å². The molecule has 1 aliphatic heterocycles. The van der Waals surface area contributed by atoms with Crippen molar-refractivity contribution in [2.75, 3.05) is 44.7 Å². The maximum Gasteiger partial charge on any atom is 0.148 e. The van der Waals surface area contributed by atoms with Gasteiger partial charge >= 0.3 is 0 Å². The lowest BCUT2D eigenvalue weighted by Gasteiger charge is -2.28. The summed E-state index contributed by atoms with van der Waals surface area (Å²) in [4.78, 5) is 2.27. The van der Waals surface area contributed by atoms with Crippen LogP contribution in [0.15, 0.2) is 0 Å². The Hall–Kier alpha value is -0.130. The van der Waals surface area contributed by atoms with Crippen LogP contribution in [0.2, 0.25) is 0 Å². The fourth-order valence-corrected chi connectivity index (χ4v) is 2.46. The topological polar surface area (TPSA) is 49.4 Å². The van der Waals surface area contributed by atoms with Crippen molar-refractivity contribution in [3.8, 4) is 0 Å². The van der Waals surface area contributed by atoms with E-state index >= 15 is 0 Å². The molecule has 1 fully saturated rings. The molecule has 5 heteroatoms. The van der Waals surface area contributed by atoms with Gasteiger partial charge in [0.05, 0.1) is 5.75 Å². The number of rotatable bonds is 3. The number of sulfone groups is 1. The van der Waals surface area contributed by atoms with Gasteiger partial charge in [0, 0.05) is 19.3 Å². The molecule has 0 spiro atoms. The second-order valence-electron chi connectivity index (χ2n) is 4.59. The Kier molecular flexibility index (Phi) is 5.02. The van der Waals surface area contributed by atoms with Gasteiger partial charge < -0.3 is 10.2 Å². The monoisotopic (exact) mass is 234 g/mol. The maximum absolute atomic E-state index is 11.1. The third-order valence-corrected chi connectivity index (χ3v) is 3.59. The third kappa shape index (κ3) is 6.12. The van der Waals surface area contributed by atoms with E-state index in [1.54, 1.807) is 0 Å². The van der Waals surface area contributed by atoms with Crippen LogP contribution >= 0.6 is 0 Å². The van der Waals surface area contributed by atoms with Crippen LogP contribution in [0, 0.1) is 5.92 Å². The molecule has 1 atom stereocenters. The largest absolute Gasteiger partial charge is 0.316 e. The molecule has 90 valence electrons. The van der Waals surface area contributed by atoms with Crippen LogP contribution in [0.25, 0.3) is 0 Å². The molecular formula is C10H22N2O2S. The highest BCUT2D eigenvalue weighted by Gasteiger charge is 2.14. The third-order valence-electron chi connectivity index (χ3n) is 2.67. The molecule has 0 saturated carbocycles. The van der Waals surface area contributed by atoms with E-state index in [1.165, 1.54) is 6.26 Å². The summed E-state index contributed by atoms with van der Waals surface area (Å²) in [6.45, 7) is 6.97. The van der Waals surface area contributed by atoms with Crippen molar-refractivity contribution in [1.82, 2.24) is 10.2 Å². The van der Waals surface area contributed by atoms with Crippen molar-refractivity contribution >= 4 is 9.84 Å². The average molecular weight is 234 g/mol. The molecule has 4 nitrogen and oxygen atoms in total. The van der Waals surface area contributed by atoms with Crippen molar-refractivity contribution < 1.29 is 8.42 Å². The van der Waals surface area contributed by atoms with E-state index in [2.05, 4.69) is 17.1 Å². The minimum Gasteiger partial charge on any atom is -0.316 e. The normalized spacial score (nSPS) is 25.9. The van der Waals surface area contributed by atoms with Crippen LogP contribution in [0.1, 0.15) is 13.3 Å². The molecule has 0 radical (unpaired) electrons. The van der Waals surface area contributed by atoms with Gasteiger partial charge in [-0.3, -0.25) is 0 Å². The molecule has 0 aromatic rings. The lowest BCUT2D eigenvalue weighted by molar-refractivity contribution is 0.227. The summed E-state index contributed by atoms with van der Waals surface area (Å²) in [5.74, 6) is 0.887. The lowest BCUT2D eigenvalue weighted by atomic mass is 10.1. The van der Waals surface area contributed by atoms with Crippen molar-refractivity contribution in [2.45, 2.75) is 13.3 Å². The van der Waals surface area contributed by atoms with Crippen LogP contribution in [0.5, 0.6) is 0 Å². The molecule has 1 heterocycles. The quantitative estimate of drug-likeness (QED) is 0.744. The first-order valence-electron chi connectivity index (χ1n) is 5.58. The summed E-state index contributed by atoms with van der Waals surface area (Å²) in [7, 11) is -2.82. The fourth-order valence-electron chi connectivity index (χ4n) is 1.87. The standard InChI is InChI=1S/C10H22N2O2S/c1-10-8-11-4-3-5-12(9-10)6-7-15(2,13)14/h10-11H,3-9H2,1-2H3. The van der Waals surface area contributed by atoms with E-state index < -0.39 is 9.84 Å². The number of hydrogen-bond acceptors (Lipinski definition) is 4. The molecule has 0 aromatic heterocycles. The molecule has 15 heavy (non-hydrogen) atoms. The average Bonchev–Trinajstić information content (AvgIpc) is 2.07. The highest BCUT2D eigenvalue weighted by Crippen LogP contribution is 2.03. The van der Waals surface area contributed by atoms with Gasteiger partial charge in [-0.25, -0.2) is 8.42 Å². The molecule has 1 saturated heterocycles. The molecular weight excluding hydrogens is 212 g/mol. The van der Waals surface area contributed by atoms with E-state index in [-0.39, 0.29) is 5.75 Å². The van der Waals surface area contributed by atoms with Crippen LogP contribution in [0.3, 0.4) is 0 Å². The van der Waals surface area contributed by atoms with Crippen LogP contribution in [-0.2, 0) is 9.84 Å². The van der Waals surface area contributed by atoms with E-state index in [4.69, 9.17) is 0 Å². The second kappa shape index (κ2) is 5.82. The highest BCUT2D eigenvalue weighted by atomic mass is 32.2.